The molecular formula is C28H30FN3O4. The van der Waals surface area contributed by atoms with E-state index in [1.54, 1.807) is 26.0 Å². The summed E-state index contributed by atoms with van der Waals surface area (Å²) in [4.78, 5) is 17.2. The number of halogens is 1. The Labute approximate surface area is 210 Å². The van der Waals surface area contributed by atoms with E-state index in [2.05, 4.69) is 16.7 Å². The number of aliphatic carboxylic acids is 1. The first kappa shape index (κ1) is 26.7. The summed E-state index contributed by atoms with van der Waals surface area (Å²) in [7, 11) is 3.34. The number of carboxylic acid groups (broad SMARTS) is 1. The fraction of sp³-hybridized carbons (Fsp3) is 0.250. The lowest BCUT2D eigenvalue weighted by atomic mass is 9.93. The Morgan fingerprint density at radius 2 is 2.03 bits per heavy atom. The summed E-state index contributed by atoms with van der Waals surface area (Å²) in [5.41, 5.74) is 5.44. The zero-order chi connectivity index (χ0) is 26.2. The summed E-state index contributed by atoms with van der Waals surface area (Å²) in [6.07, 6.45) is 2.86. The van der Waals surface area contributed by atoms with Gasteiger partial charge in [-0.3, -0.25) is 9.69 Å². The molecule has 1 heterocycles. The fourth-order valence-corrected chi connectivity index (χ4v) is 3.78. The summed E-state index contributed by atoms with van der Waals surface area (Å²) in [5, 5.41) is 13.1. The molecule has 1 N–H and O–H groups in total. The number of carbonyl (C=O) groups is 1. The van der Waals surface area contributed by atoms with Gasteiger partial charge in [0.05, 0.1) is 13.2 Å². The SMILES string of the molecule is C=C(C)/C(=C\C(F)=C/C)c1ccc(-c2nc(-c3cccc(CN(C)CC(=O)O)c3)no2)cc1COC. The van der Waals surface area contributed by atoms with Gasteiger partial charge in [0.1, 0.15) is 5.83 Å². The Kier molecular flexibility index (Phi) is 9.05. The average Bonchev–Trinajstić information content (AvgIpc) is 3.32. The Morgan fingerprint density at radius 3 is 2.69 bits per heavy atom. The number of likely N-dealkylation sites (N-methyl/N-ethyl adjacent to an activating group) is 1. The molecule has 0 radical (unpaired) electrons. The number of ether oxygens (including phenoxy) is 1. The monoisotopic (exact) mass is 491 g/mol. The van der Waals surface area contributed by atoms with Gasteiger partial charge in [-0.2, -0.15) is 4.98 Å². The van der Waals surface area contributed by atoms with E-state index in [1.165, 1.54) is 12.2 Å². The zero-order valence-electron chi connectivity index (χ0n) is 20.9. The molecule has 0 bridgehead atoms. The number of allylic oxidation sites excluding steroid dienone is 5. The lowest BCUT2D eigenvalue weighted by molar-refractivity contribution is -0.138. The second-order valence-electron chi connectivity index (χ2n) is 8.51. The Hall–Kier alpha value is -3.88. The Morgan fingerprint density at radius 1 is 1.25 bits per heavy atom. The van der Waals surface area contributed by atoms with Crippen molar-refractivity contribution in [1.82, 2.24) is 15.0 Å². The van der Waals surface area contributed by atoms with Gasteiger partial charge in [-0.05, 0) is 67.4 Å². The molecule has 3 aromatic rings. The molecule has 188 valence electrons. The van der Waals surface area contributed by atoms with Crippen molar-refractivity contribution in [3.05, 3.63) is 89.3 Å². The molecule has 0 unspecified atom stereocenters. The highest BCUT2D eigenvalue weighted by atomic mass is 19.1. The second-order valence-corrected chi connectivity index (χ2v) is 8.51. The number of methoxy groups -OCH3 is 1. The molecule has 0 fully saturated rings. The third-order valence-electron chi connectivity index (χ3n) is 5.43. The van der Waals surface area contributed by atoms with E-state index in [9.17, 15) is 9.18 Å². The number of hydrogen-bond acceptors (Lipinski definition) is 6. The van der Waals surface area contributed by atoms with Crippen molar-refractivity contribution >= 4 is 11.5 Å². The van der Waals surface area contributed by atoms with Crippen molar-refractivity contribution < 1.29 is 23.6 Å². The van der Waals surface area contributed by atoms with Crippen molar-refractivity contribution in [2.45, 2.75) is 27.0 Å². The third-order valence-corrected chi connectivity index (χ3v) is 5.43. The van der Waals surface area contributed by atoms with Crippen LogP contribution < -0.4 is 0 Å². The number of hydrogen-bond donors (Lipinski definition) is 1. The molecule has 0 aliphatic carbocycles. The molecule has 36 heavy (non-hydrogen) atoms. The molecule has 0 saturated carbocycles. The van der Waals surface area contributed by atoms with Gasteiger partial charge in [-0.25, -0.2) is 4.39 Å². The normalized spacial score (nSPS) is 12.3. The van der Waals surface area contributed by atoms with Crippen LogP contribution in [0.15, 0.2) is 77.1 Å². The minimum absolute atomic E-state index is 0.0555. The van der Waals surface area contributed by atoms with Crippen LogP contribution in [-0.4, -0.2) is 46.8 Å². The highest BCUT2D eigenvalue weighted by Crippen LogP contribution is 2.31. The van der Waals surface area contributed by atoms with E-state index >= 15 is 0 Å². The highest BCUT2D eigenvalue weighted by Gasteiger charge is 2.16. The molecule has 8 heteroatoms. The van der Waals surface area contributed by atoms with Gasteiger partial charge in [-0.1, -0.05) is 47.7 Å². The molecule has 0 aliphatic rings. The topological polar surface area (TPSA) is 88.7 Å². The van der Waals surface area contributed by atoms with E-state index in [1.807, 2.05) is 49.4 Å². The maximum atomic E-state index is 14.1. The molecule has 7 nitrogen and oxygen atoms in total. The highest BCUT2D eigenvalue weighted by molar-refractivity contribution is 5.82. The van der Waals surface area contributed by atoms with Crippen LogP contribution in [0.1, 0.15) is 30.5 Å². The number of benzene rings is 2. The quantitative estimate of drug-likeness (QED) is 0.334. The summed E-state index contributed by atoms with van der Waals surface area (Å²) in [6.45, 7) is 8.19. The number of rotatable bonds is 11. The van der Waals surface area contributed by atoms with Crippen LogP contribution in [0.3, 0.4) is 0 Å². The Balaban J connectivity index is 1.92. The molecule has 0 aliphatic heterocycles. The molecular weight excluding hydrogens is 461 g/mol. The van der Waals surface area contributed by atoms with Gasteiger partial charge in [0.15, 0.2) is 0 Å². The van der Waals surface area contributed by atoms with E-state index in [-0.39, 0.29) is 12.4 Å². The minimum atomic E-state index is -0.881. The van der Waals surface area contributed by atoms with Gasteiger partial charge in [0, 0.05) is 24.8 Å². The molecule has 3 rings (SSSR count). The molecule has 0 amide bonds. The van der Waals surface area contributed by atoms with Crippen LogP contribution in [0.4, 0.5) is 4.39 Å². The Bertz CT molecular complexity index is 1310. The van der Waals surface area contributed by atoms with Gasteiger partial charge >= 0.3 is 5.97 Å². The van der Waals surface area contributed by atoms with Crippen LogP contribution in [0.5, 0.6) is 0 Å². The van der Waals surface area contributed by atoms with Crippen LogP contribution >= 0.6 is 0 Å². The van der Waals surface area contributed by atoms with Gasteiger partial charge in [0.2, 0.25) is 5.82 Å². The summed E-state index contributed by atoms with van der Waals surface area (Å²) < 4.78 is 25.0. The van der Waals surface area contributed by atoms with Crippen molar-refractivity contribution in [3.8, 4) is 22.8 Å². The fourth-order valence-electron chi connectivity index (χ4n) is 3.78. The third kappa shape index (κ3) is 6.84. The maximum absolute atomic E-state index is 14.1. The van der Waals surface area contributed by atoms with Crippen LogP contribution in [0.25, 0.3) is 28.4 Å². The first-order valence-electron chi connectivity index (χ1n) is 11.4. The molecule has 0 atom stereocenters. The van der Waals surface area contributed by atoms with Crippen LogP contribution in [0.2, 0.25) is 0 Å². The van der Waals surface area contributed by atoms with E-state index < -0.39 is 5.97 Å². The maximum Gasteiger partial charge on any atom is 0.317 e. The van der Waals surface area contributed by atoms with Crippen molar-refractivity contribution in [2.24, 2.45) is 0 Å². The second kappa shape index (κ2) is 12.2. The van der Waals surface area contributed by atoms with Gasteiger partial charge in [0.25, 0.3) is 5.89 Å². The zero-order valence-corrected chi connectivity index (χ0v) is 20.9. The van der Waals surface area contributed by atoms with Crippen LogP contribution in [-0.2, 0) is 22.7 Å². The van der Waals surface area contributed by atoms with E-state index in [4.69, 9.17) is 14.4 Å². The number of nitrogens with zero attached hydrogens (tertiary/aromatic N) is 3. The lowest BCUT2D eigenvalue weighted by Crippen LogP contribution is -2.25. The van der Waals surface area contributed by atoms with E-state index in [0.29, 0.717) is 36.0 Å². The van der Waals surface area contributed by atoms with Crippen molar-refractivity contribution in [3.63, 3.8) is 0 Å². The smallest absolute Gasteiger partial charge is 0.317 e. The lowest BCUT2D eigenvalue weighted by Gasteiger charge is -2.14. The summed E-state index contributed by atoms with van der Waals surface area (Å²) >= 11 is 0. The molecule has 2 aromatic carbocycles. The molecule has 0 saturated heterocycles. The average molecular weight is 492 g/mol. The number of carboxylic acids is 1. The predicted octanol–water partition coefficient (Wildman–Crippen LogP) is 5.90. The summed E-state index contributed by atoms with van der Waals surface area (Å²) in [6, 6.07) is 13.2. The minimum Gasteiger partial charge on any atom is -0.480 e. The van der Waals surface area contributed by atoms with Gasteiger partial charge < -0.3 is 14.4 Å². The van der Waals surface area contributed by atoms with Crippen LogP contribution in [0, 0.1) is 0 Å². The van der Waals surface area contributed by atoms with Crippen molar-refractivity contribution in [1.29, 1.82) is 0 Å². The first-order chi connectivity index (χ1) is 17.2. The standard InChI is InChI=1S/C28H30FN3O4/c1-6-23(29)14-25(18(2)3)24-11-10-21(13-22(24)17-35-5)28-30-27(31-36-28)20-9-7-8-19(12-20)15-32(4)16-26(33)34/h6-14H,2,15-17H2,1,3-5H3,(H,33,34)/b23-6+,25-14+. The number of aromatic nitrogens is 2. The van der Waals surface area contributed by atoms with Crippen molar-refractivity contribution in [2.75, 3.05) is 20.7 Å². The molecule has 0 spiro atoms. The first-order valence-corrected chi connectivity index (χ1v) is 11.4. The largest absolute Gasteiger partial charge is 0.480 e. The molecule has 1 aromatic heterocycles. The summed E-state index contributed by atoms with van der Waals surface area (Å²) in [5.74, 6) is -0.475. The van der Waals surface area contributed by atoms with E-state index in [0.717, 1.165) is 27.8 Å². The van der Waals surface area contributed by atoms with Gasteiger partial charge in [-0.15, -0.1) is 0 Å². The predicted molar refractivity (Wildman–Crippen MR) is 138 cm³/mol.